The van der Waals surface area contributed by atoms with E-state index in [1.807, 2.05) is 4.90 Å². The van der Waals surface area contributed by atoms with Gasteiger partial charge >= 0.3 is 0 Å². The highest BCUT2D eigenvalue weighted by atomic mass is 32.2. The van der Waals surface area contributed by atoms with E-state index < -0.39 is 5.82 Å². The molecule has 0 aliphatic carbocycles. The zero-order chi connectivity index (χ0) is 17.8. The number of hydrogen-bond donors (Lipinski definition) is 1. The number of likely N-dealkylation sites (tertiary alicyclic amines) is 1. The van der Waals surface area contributed by atoms with Crippen molar-refractivity contribution >= 4 is 17.7 Å². The molecule has 25 heavy (non-hydrogen) atoms. The van der Waals surface area contributed by atoms with Crippen molar-refractivity contribution < 1.29 is 9.18 Å². The first kappa shape index (κ1) is 17.7. The fourth-order valence-electron chi connectivity index (χ4n) is 3.16. The van der Waals surface area contributed by atoms with Crippen LogP contribution in [0.1, 0.15) is 32.6 Å². The van der Waals surface area contributed by atoms with Crippen LogP contribution in [0.25, 0.3) is 11.4 Å². The summed E-state index contributed by atoms with van der Waals surface area (Å²) in [6.45, 7) is 2.92. The lowest BCUT2D eigenvalue weighted by atomic mass is 10.0. The van der Waals surface area contributed by atoms with E-state index in [2.05, 4.69) is 17.1 Å². The number of benzene rings is 1. The van der Waals surface area contributed by atoms with Gasteiger partial charge in [0.2, 0.25) is 11.1 Å². The molecule has 1 amide bonds. The monoisotopic (exact) mass is 363 g/mol. The van der Waals surface area contributed by atoms with Crippen LogP contribution in [0.3, 0.4) is 0 Å². The highest BCUT2D eigenvalue weighted by molar-refractivity contribution is 7.99. The molecule has 0 radical (unpaired) electrons. The first-order valence-electron chi connectivity index (χ1n) is 8.49. The summed E-state index contributed by atoms with van der Waals surface area (Å²) in [5.74, 6) is 6.18. The summed E-state index contributed by atoms with van der Waals surface area (Å²) in [6.07, 6.45) is 4.27. The van der Waals surface area contributed by atoms with Gasteiger partial charge in [0, 0.05) is 12.6 Å². The molecule has 6 nitrogen and oxygen atoms in total. The molecule has 0 saturated carbocycles. The molecule has 2 N–H and O–H groups in total. The molecule has 1 atom stereocenters. The highest BCUT2D eigenvalue weighted by Crippen LogP contribution is 2.25. The Bertz CT molecular complexity index is 750. The predicted molar refractivity (Wildman–Crippen MR) is 95.9 cm³/mol. The molecule has 2 aromatic rings. The van der Waals surface area contributed by atoms with E-state index in [4.69, 9.17) is 5.84 Å². The Labute approximate surface area is 150 Å². The first-order chi connectivity index (χ1) is 12.1. The van der Waals surface area contributed by atoms with Gasteiger partial charge in [-0.3, -0.25) is 4.79 Å². The van der Waals surface area contributed by atoms with Crippen LogP contribution < -0.4 is 5.84 Å². The molecule has 8 heteroatoms. The topological polar surface area (TPSA) is 77.0 Å². The maximum Gasteiger partial charge on any atom is 0.233 e. The molecule has 1 aliphatic rings. The average Bonchev–Trinajstić information content (AvgIpc) is 3.00. The van der Waals surface area contributed by atoms with E-state index in [1.54, 1.807) is 18.2 Å². The molecule has 1 fully saturated rings. The number of amides is 1. The molecule has 1 aromatic heterocycles. The van der Waals surface area contributed by atoms with E-state index in [-0.39, 0.29) is 23.0 Å². The van der Waals surface area contributed by atoms with Crippen molar-refractivity contribution in [2.45, 2.75) is 43.8 Å². The maximum absolute atomic E-state index is 13.9. The van der Waals surface area contributed by atoms with Gasteiger partial charge in [-0.2, -0.15) is 0 Å². The van der Waals surface area contributed by atoms with Gasteiger partial charge in [-0.15, -0.1) is 10.2 Å². The lowest BCUT2D eigenvalue weighted by molar-refractivity contribution is -0.132. The van der Waals surface area contributed by atoms with E-state index in [1.165, 1.54) is 28.9 Å². The number of aromatic nitrogens is 3. The van der Waals surface area contributed by atoms with Crippen LogP contribution in [0, 0.1) is 5.82 Å². The van der Waals surface area contributed by atoms with Crippen molar-refractivity contribution in [3.63, 3.8) is 0 Å². The Morgan fingerprint density at radius 1 is 1.36 bits per heavy atom. The minimum atomic E-state index is -0.409. The van der Waals surface area contributed by atoms with Crippen molar-refractivity contribution in [1.29, 1.82) is 0 Å². The van der Waals surface area contributed by atoms with Crippen molar-refractivity contribution in [2.75, 3.05) is 18.1 Å². The second-order valence-corrected chi connectivity index (χ2v) is 7.03. The first-order valence-corrected chi connectivity index (χ1v) is 9.48. The van der Waals surface area contributed by atoms with Gasteiger partial charge in [0.05, 0.1) is 11.3 Å². The van der Waals surface area contributed by atoms with Crippen molar-refractivity contribution in [3.05, 3.63) is 30.1 Å². The summed E-state index contributed by atoms with van der Waals surface area (Å²) in [6, 6.07) is 6.59. The molecule has 2 heterocycles. The standard InChI is InChI=1S/C17H22FN5OS/c1-2-12-7-5-6-10-22(12)15(24)11-25-17-21-20-16(23(17)19)13-8-3-4-9-14(13)18/h3-4,8-9,12H,2,5-7,10-11,19H2,1H3/t12-/m0/s1. The number of piperidine rings is 1. The number of halogens is 1. The fourth-order valence-corrected chi connectivity index (χ4v) is 3.91. The molecule has 0 spiro atoms. The van der Waals surface area contributed by atoms with Crippen molar-refractivity contribution in [3.8, 4) is 11.4 Å². The largest absolute Gasteiger partial charge is 0.339 e. The zero-order valence-corrected chi connectivity index (χ0v) is 15.0. The van der Waals surface area contributed by atoms with Crippen LogP contribution in [0.5, 0.6) is 0 Å². The molecule has 0 bridgehead atoms. The Morgan fingerprint density at radius 2 is 2.16 bits per heavy atom. The third-order valence-corrected chi connectivity index (χ3v) is 5.45. The second-order valence-electron chi connectivity index (χ2n) is 6.09. The third-order valence-electron chi connectivity index (χ3n) is 4.52. The van der Waals surface area contributed by atoms with Crippen LogP contribution in [-0.2, 0) is 4.79 Å². The molecule has 0 unspecified atom stereocenters. The summed E-state index contributed by atoms with van der Waals surface area (Å²) in [5, 5.41) is 8.37. The quantitative estimate of drug-likeness (QED) is 0.653. The normalized spacial score (nSPS) is 17.7. The van der Waals surface area contributed by atoms with Crippen LogP contribution in [0.4, 0.5) is 4.39 Å². The van der Waals surface area contributed by atoms with E-state index >= 15 is 0 Å². The number of hydrogen-bond acceptors (Lipinski definition) is 5. The minimum absolute atomic E-state index is 0.0898. The fraction of sp³-hybridized carbons (Fsp3) is 0.471. The smallest absolute Gasteiger partial charge is 0.233 e. The van der Waals surface area contributed by atoms with E-state index in [0.717, 1.165) is 25.8 Å². The summed E-state index contributed by atoms with van der Waals surface area (Å²) in [5.41, 5.74) is 0.290. The van der Waals surface area contributed by atoms with Gasteiger partial charge < -0.3 is 10.7 Å². The van der Waals surface area contributed by atoms with Gasteiger partial charge in [-0.05, 0) is 37.8 Å². The Hall–Kier alpha value is -2.09. The predicted octanol–water partition coefficient (Wildman–Crippen LogP) is 2.68. The second kappa shape index (κ2) is 7.86. The minimum Gasteiger partial charge on any atom is -0.339 e. The van der Waals surface area contributed by atoms with Gasteiger partial charge in [0.25, 0.3) is 0 Å². The van der Waals surface area contributed by atoms with Gasteiger partial charge in [-0.25, -0.2) is 9.07 Å². The number of thioether (sulfide) groups is 1. The number of carbonyl (C=O) groups is 1. The number of nitrogens with two attached hydrogens (primary N) is 1. The number of carbonyl (C=O) groups excluding carboxylic acids is 1. The van der Waals surface area contributed by atoms with Crippen molar-refractivity contribution in [2.24, 2.45) is 0 Å². The lowest BCUT2D eigenvalue weighted by Gasteiger charge is -2.35. The average molecular weight is 363 g/mol. The number of nitrogen functional groups attached to an aromatic ring is 1. The summed E-state index contributed by atoms with van der Waals surface area (Å²) < 4.78 is 15.1. The molecule has 134 valence electrons. The van der Waals surface area contributed by atoms with Gasteiger partial charge in [0.15, 0.2) is 5.82 Å². The van der Waals surface area contributed by atoms with Crippen LogP contribution in [0.2, 0.25) is 0 Å². The molecule has 1 aliphatic heterocycles. The number of rotatable bonds is 5. The lowest BCUT2D eigenvalue weighted by Crippen LogP contribution is -2.44. The molecule has 1 saturated heterocycles. The van der Waals surface area contributed by atoms with Crippen LogP contribution >= 0.6 is 11.8 Å². The zero-order valence-electron chi connectivity index (χ0n) is 14.2. The molecule has 3 rings (SSSR count). The van der Waals surface area contributed by atoms with Gasteiger partial charge in [0.1, 0.15) is 5.82 Å². The highest BCUT2D eigenvalue weighted by Gasteiger charge is 2.26. The molecule has 1 aromatic carbocycles. The van der Waals surface area contributed by atoms with E-state index in [0.29, 0.717) is 11.2 Å². The van der Waals surface area contributed by atoms with E-state index in [9.17, 15) is 9.18 Å². The maximum atomic E-state index is 13.9. The van der Waals surface area contributed by atoms with Crippen LogP contribution in [-0.4, -0.2) is 44.0 Å². The molecular formula is C17H22FN5OS. The summed E-state index contributed by atoms with van der Waals surface area (Å²) in [7, 11) is 0. The summed E-state index contributed by atoms with van der Waals surface area (Å²) >= 11 is 1.23. The summed E-state index contributed by atoms with van der Waals surface area (Å²) in [4.78, 5) is 14.5. The molecular weight excluding hydrogens is 341 g/mol. The van der Waals surface area contributed by atoms with Gasteiger partial charge in [-0.1, -0.05) is 30.8 Å². The van der Waals surface area contributed by atoms with Crippen LogP contribution in [0.15, 0.2) is 29.4 Å². The van der Waals surface area contributed by atoms with Crippen molar-refractivity contribution in [1.82, 2.24) is 19.8 Å². The Balaban J connectivity index is 1.68. The Kier molecular flexibility index (Phi) is 5.57. The SMILES string of the molecule is CC[C@H]1CCCCN1C(=O)CSc1nnc(-c2ccccc2F)n1N. The third kappa shape index (κ3) is 3.78. The Morgan fingerprint density at radius 3 is 2.92 bits per heavy atom. The number of nitrogens with zero attached hydrogens (tertiary/aromatic N) is 4.